The van der Waals surface area contributed by atoms with Crippen LogP contribution in [0.3, 0.4) is 0 Å². The topological polar surface area (TPSA) is 46.5 Å². The van der Waals surface area contributed by atoms with E-state index in [1.54, 1.807) is 0 Å². The predicted octanol–water partition coefficient (Wildman–Crippen LogP) is 2.04. The lowest BCUT2D eigenvalue weighted by Crippen LogP contribution is -2.13. The molecule has 0 radical (unpaired) electrons. The van der Waals surface area contributed by atoms with Crippen LogP contribution in [-0.2, 0) is 4.74 Å². The first-order chi connectivity index (χ1) is 5.29. The molecule has 62 valence electrons. The Bertz CT molecular complexity index is 163. The summed E-state index contributed by atoms with van der Waals surface area (Å²) < 4.78 is 4.46. The average Bonchev–Trinajstić information content (AvgIpc) is 2.03. The normalized spacial score (nSPS) is 23.1. The summed E-state index contributed by atoms with van der Waals surface area (Å²) in [7, 11) is 0. The van der Waals surface area contributed by atoms with Gasteiger partial charge in [0.2, 0.25) is 0 Å². The molecule has 0 aromatic carbocycles. The fourth-order valence-corrected chi connectivity index (χ4v) is 1.20. The van der Waals surface area contributed by atoms with Crippen LogP contribution in [0.4, 0.5) is 4.79 Å². The Balaban J connectivity index is 2.16. The first-order valence-electron chi connectivity index (χ1n) is 3.80. The van der Waals surface area contributed by atoms with Crippen molar-refractivity contribution in [3.8, 4) is 0 Å². The van der Waals surface area contributed by atoms with Gasteiger partial charge in [0.15, 0.2) is 0 Å². The van der Waals surface area contributed by atoms with E-state index in [0.29, 0.717) is 12.5 Å². The first kappa shape index (κ1) is 8.11. The van der Waals surface area contributed by atoms with Gasteiger partial charge in [-0.15, -0.1) is 0 Å². The number of carboxylic acid groups (broad SMARTS) is 1. The van der Waals surface area contributed by atoms with Gasteiger partial charge in [0.1, 0.15) is 0 Å². The standard InChI is InChI=1S/C8H12O3/c9-8(10)11-6-7-4-2-1-3-5-7/h1-2,7H,3-6H2,(H,9,10). The molecule has 0 saturated heterocycles. The van der Waals surface area contributed by atoms with Crippen molar-refractivity contribution in [1.29, 1.82) is 0 Å². The van der Waals surface area contributed by atoms with Crippen molar-refractivity contribution in [3.63, 3.8) is 0 Å². The van der Waals surface area contributed by atoms with Crippen molar-refractivity contribution in [2.45, 2.75) is 19.3 Å². The summed E-state index contributed by atoms with van der Waals surface area (Å²) >= 11 is 0. The predicted molar refractivity (Wildman–Crippen MR) is 40.5 cm³/mol. The Morgan fingerprint density at radius 3 is 3.00 bits per heavy atom. The SMILES string of the molecule is O=C(O)OCC1CC=CCC1. The molecule has 1 aliphatic carbocycles. The second-order valence-corrected chi connectivity index (χ2v) is 2.73. The van der Waals surface area contributed by atoms with E-state index in [0.717, 1.165) is 19.3 Å². The monoisotopic (exact) mass is 156 g/mol. The molecule has 0 aliphatic heterocycles. The van der Waals surface area contributed by atoms with E-state index < -0.39 is 6.16 Å². The number of hydrogen-bond donors (Lipinski definition) is 1. The molecule has 0 fully saturated rings. The summed E-state index contributed by atoms with van der Waals surface area (Å²) in [6, 6.07) is 0. The van der Waals surface area contributed by atoms with Crippen LogP contribution in [0.15, 0.2) is 12.2 Å². The average molecular weight is 156 g/mol. The second-order valence-electron chi connectivity index (χ2n) is 2.73. The van der Waals surface area contributed by atoms with Gasteiger partial charge >= 0.3 is 6.16 Å². The van der Waals surface area contributed by atoms with Gasteiger partial charge in [-0.25, -0.2) is 4.79 Å². The molecule has 0 aromatic heterocycles. The van der Waals surface area contributed by atoms with Crippen LogP contribution >= 0.6 is 0 Å². The number of ether oxygens (including phenoxy) is 1. The molecule has 1 rings (SSSR count). The third-order valence-corrected chi connectivity index (χ3v) is 1.82. The molecule has 1 aliphatic rings. The quantitative estimate of drug-likeness (QED) is 0.491. The van der Waals surface area contributed by atoms with Crippen LogP contribution in [0.5, 0.6) is 0 Å². The van der Waals surface area contributed by atoms with E-state index >= 15 is 0 Å². The number of allylic oxidation sites excluding steroid dienone is 2. The highest BCUT2D eigenvalue weighted by molar-refractivity contribution is 5.56. The van der Waals surface area contributed by atoms with Gasteiger partial charge in [-0.3, -0.25) is 0 Å². The van der Waals surface area contributed by atoms with E-state index in [9.17, 15) is 4.79 Å². The fraction of sp³-hybridized carbons (Fsp3) is 0.625. The van der Waals surface area contributed by atoms with Crippen molar-refractivity contribution in [2.75, 3.05) is 6.61 Å². The van der Waals surface area contributed by atoms with Crippen molar-refractivity contribution < 1.29 is 14.6 Å². The van der Waals surface area contributed by atoms with Crippen LogP contribution in [0.2, 0.25) is 0 Å². The minimum atomic E-state index is -1.17. The van der Waals surface area contributed by atoms with Gasteiger partial charge < -0.3 is 9.84 Å². The Morgan fingerprint density at radius 1 is 1.64 bits per heavy atom. The lowest BCUT2D eigenvalue weighted by Gasteiger charge is -2.15. The Hall–Kier alpha value is -0.990. The summed E-state index contributed by atoms with van der Waals surface area (Å²) in [6.45, 7) is 0.347. The zero-order chi connectivity index (χ0) is 8.10. The highest BCUT2D eigenvalue weighted by Crippen LogP contribution is 2.17. The largest absolute Gasteiger partial charge is 0.505 e. The van der Waals surface area contributed by atoms with Crippen LogP contribution in [0.1, 0.15) is 19.3 Å². The second kappa shape index (κ2) is 4.01. The molecule has 0 saturated carbocycles. The fourth-order valence-electron chi connectivity index (χ4n) is 1.20. The smallest absolute Gasteiger partial charge is 0.450 e. The maximum Gasteiger partial charge on any atom is 0.505 e. The molecule has 11 heavy (non-hydrogen) atoms. The molecule has 3 heteroatoms. The van der Waals surface area contributed by atoms with E-state index in [2.05, 4.69) is 16.9 Å². The molecule has 1 N–H and O–H groups in total. The summed E-state index contributed by atoms with van der Waals surface area (Å²) in [5, 5.41) is 8.20. The number of rotatable bonds is 2. The van der Waals surface area contributed by atoms with Crippen molar-refractivity contribution in [3.05, 3.63) is 12.2 Å². The lowest BCUT2D eigenvalue weighted by atomic mass is 9.95. The molecule has 0 amide bonds. The molecule has 3 nitrogen and oxygen atoms in total. The van der Waals surface area contributed by atoms with Crippen molar-refractivity contribution in [1.82, 2.24) is 0 Å². The first-order valence-corrected chi connectivity index (χ1v) is 3.80. The van der Waals surface area contributed by atoms with Crippen LogP contribution in [0, 0.1) is 5.92 Å². The minimum absolute atomic E-state index is 0.347. The summed E-state index contributed by atoms with van der Waals surface area (Å²) in [4.78, 5) is 10.0. The number of carbonyl (C=O) groups is 1. The van der Waals surface area contributed by atoms with E-state index in [1.807, 2.05) is 0 Å². The summed E-state index contributed by atoms with van der Waals surface area (Å²) in [6.07, 6.45) is 6.08. The molecular weight excluding hydrogens is 144 g/mol. The molecule has 0 spiro atoms. The van der Waals surface area contributed by atoms with Gasteiger partial charge in [-0.2, -0.15) is 0 Å². The van der Waals surface area contributed by atoms with Gasteiger partial charge in [-0.05, 0) is 25.2 Å². The minimum Gasteiger partial charge on any atom is -0.450 e. The van der Waals surface area contributed by atoms with Crippen LogP contribution < -0.4 is 0 Å². The van der Waals surface area contributed by atoms with E-state index in [1.165, 1.54) is 0 Å². The lowest BCUT2D eigenvalue weighted by molar-refractivity contribution is 0.0753. The van der Waals surface area contributed by atoms with Gasteiger partial charge in [0, 0.05) is 0 Å². The number of hydrogen-bond acceptors (Lipinski definition) is 2. The summed E-state index contributed by atoms with van der Waals surface area (Å²) in [5.41, 5.74) is 0. The Morgan fingerprint density at radius 2 is 2.45 bits per heavy atom. The molecule has 0 aromatic rings. The van der Waals surface area contributed by atoms with Crippen molar-refractivity contribution in [2.24, 2.45) is 5.92 Å². The van der Waals surface area contributed by atoms with Gasteiger partial charge in [0.25, 0.3) is 0 Å². The maximum absolute atomic E-state index is 10.0. The molecule has 0 bridgehead atoms. The third kappa shape index (κ3) is 3.07. The Labute approximate surface area is 65.7 Å². The zero-order valence-corrected chi connectivity index (χ0v) is 6.32. The molecule has 0 heterocycles. The molecule has 1 unspecified atom stereocenters. The van der Waals surface area contributed by atoms with Gasteiger partial charge in [-0.1, -0.05) is 12.2 Å². The molecular formula is C8H12O3. The van der Waals surface area contributed by atoms with Crippen LogP contribution in [-0.4, -0.2) is 17.9 Å². The van der Waals surface area contributed by atoms with Crippen LogP contribution in [0.25, 0.3) is 0 Å². The highest BCUT2D eigenvalue weighted by atomic mass is 16.7. The van der Waals surface area contributed by atoms with E-state index in [-0.39, 0.29) is 0 Å². The highest BCUT2D eigenvalue weighted by Gasteiger charge is 2.11. The van der Waals surface area contributed by atoms with Crippen molar-refractivity contribution >= 4 is 6.16 Å². The maximum atomic E-state index is 10.0. The molecule has 1 atom stereocenters. The third-order valence-electron chi connectivity index (χ3n) is 1.82. The summed E-state index contributed by atoms with van der Waals surface area (Å²) in [5.74, 6) is 0.399. The zero-order valence-electron chi connectivity index (χ0n) is 6.32. The van der Waals surface area contributed by atoms with E-state index in [4.69, 9.17) is 5.11 Å². The van der Waals surface area contributed by atoms with Gasteiger partial charge in [0.05, 0.1) is 6.61 Å². The Kier molecular flexibility index (Phi) is 2.95.